The maximum atomic E-state index is 13.5. The quantitative estimate of drug-likeness (QED) is 0.796. The third kappa shape index (κ3) is 3.02. The summed E-state index contributed by atoms with van der Waals surface area (Å²) in [6, 6.07) is 12.8. The lowest BCUT2D eigenvalue weighted by Crippen LogP contribution is -2.42. The zero-order chi connectivity index (χ0) is 19.2. The van der Waals surface area contributed by atoms with Gasteiger partial charge >= 0.3 is 0 Å². The summed E-state index contributed by atoms with van der Waals surface area (Å²) in [4.78, 5) is 13.9. The molecule has 27 heavy (non-hydrogen) atoms. The standard InChI is InChI=1S/C21H24N2O3S/c1-15-9-10-17-6-3-4-8-21(17)23(15)27(25,26)19-11-12-20-18(14-19)7-5-13-22(20)16(2)24/h3-4,6,8,11-12,14-15H,5,7,9-10,13H2,1-2H3/t15-/m0/s1. The predicted molar refractivity (Wildman–Crippen MR) is 107 cm³/mol. The van der Waals surface area contributed by atoms with Crippen molar-refractivity contribution >= 4 is 27.3 Å². The number of hydrogen-bond acceptors (Lipinski definition) is 3. The molecule has 6 heteroatoms. The molecule has 1 atom stereocenters. The van der Waals surface area contributed by atoms with Crippen molar-refractivity contribution in [2.24, 2.45) is 0 Å². The molecule has 0 saturated heterocycles. The number of benzene rings is 2. The fraction of sp³-hybridized carbons (Fsp3) is 0.381. The Hall–Kier alpha value is -2.34. The summed E-state index contributed by atoms with van der Waals surface area (Å²) in [5.41, 5.74) is 3.61. The van der Waals surface area contributed by atoms with Gasteiger partial charge in [0.2, 0.25) is 5.91 Å². The number of anilines is 2. The maximum Gasteiger partial charge on any atom is 0.264 e. The normalized spacial score (nSPS) is 19.4. The molecule has 0 N–H and O–H groups in total. The van der Waals surface area contributed by atoms with Crippen LogP contribution in [0.4, 0.5) is 11.4 Å². The van der Waals surface area contributed by atoms with Gasteiger partial charge in [-0.3, -0.25) is 9.10 Å². The summed E-state index contributed by atoms with van der Waals surface area (Å²) in [5.74, 6) is -0.00913. The van der Waals surface area contributed by atoms with Gasteiger partial charge in [-0.2, -0.15) is 0 Å². The Morgan fingerprint density at radius 1 is 1.04 bits per heavy atom. The Bertz CT molecular complexity index is 1000. The van der Waals surface area contributed by atoms with Crippen molar-refractivity contribution in [3.05, 3.63) is 53.6 Å². The van der Waals surface area contributed by atoms with Crippen LogP contribution in [0.15, 0.2) is 47.4 Å². The maximum absolute atomic E-state index is 13.5. The number of fused-ring (bicyclic) bond motifs is 2. The molecule has 2 heterocycles. The number of sulfonamides is 1. The zero-order valence-electron chi connectivity index (χ0n) is 15.7. The van der Waals surface area contributed by atoms with E-state index in [2.05, 4.69) is 0 Å². The van der Waals surface area contributed by atoms with Gasteiger partial charge in [0.05, 0.1) is 10.6 Å². The van der Waals surface area contributed by atoms with E-state index in [1.807, 2.05) is 31.2 Å². The molecule has 0 spiro atoms. The van der Waals surface area contributed by atoms with Crippen molar-refractivity contribution in [3.8, 4) is 0 Å². The highest BCUT2D eigenvalue weighted by atomic mass is 32.2. The van der Waals surface area contributed by atoms with E-state index >= 15 is 0 Å². The molecule has 2 aromatic carbocycles. The summed E-state index contributed by atoms with van der Waals surface area (Å²) >= 11 is 0. The van der Waals surface area contributed by atoms with Gasteiger partial charge in [0, 0.05) is 25.2 Å². The van der Waals surface area contributed by atoms with Crippen LogP contribution in [0.5, 0.6) is 0 Å². The van der Waals surface area contributed by atoms with Crippen LogP contribution in [-0.4, -0.2) is 26.9 Å². The number of nitrogens with zero attached hydrogens (tertiary/aromatic N) is 2. The van der Waals surface area contributed by atoms with E-state index in [9.17, 15) is 13.2 Å². The predicted octanol–water partition coefficient (Wildman–Crippen LogP) is 3.52. The van der Waals surface area contributed by atoms with Crippen LogP contribution in [0, 0.1) is 0 Å². The van der Waals surface area contributed by atoms with E-state index in [0.29, 0.717) is 11.4 Å². The van der Waals surface area contributed by atoms with Crippen molar-refractivity contribution in [3.63, 3.8) is 0 Å². The highest BCUT2D eigenvalue weighted by Crippen LogP contribution is 2.37. The molecule has 0 radical (unpaired) electrons. The molecule has 2 aliphatic heterocycles. The number of hydrogen-bond donors (Lipinski definition) is 0. The molecule has 142 valence electrons. The van der Waals surface area contributed by atoms with Crippen LogP contribution in [-0.2, 0) is 27.7 Å². The smallest absolute Gasteiger partial charge is 0.264 e. The Morgan fingerprint density at radius 3 is 2.59 bits per heavy atom. The van der Waals surface area contributed by atoms with Crippen molar-refractivity contribution < 1.29 is 13.2 Å². The largest absolute Gasteiger partial charge is 0.312 e. The number of aryl methyl sites for hydroxylation is 2. The molecular formula is C21H24N2O3S. The van der Waals surface area contributed by atoms with Crippen molar-refractivity contribution in [2.75, 3.05) is 15.7 Å². The summed E-state index contributed by atoms with van der Waals surface area (Å²) in [5, 5.41) is 0. The second-order valence-electron chi connectivity index (χ2n) is 7.38. The summed E-state index contributed by atoms with van der Waals surface area (Å²) in [7, 11) is -3.67. The molecule has 0 aromatic heterocycles. The van der Waals surface area contributed by atoms with Crippen molar-refractivity contribution in [1.82, 2.24) is 0 Å². The first-order valence-corrected chi connectivity index (χ1v) is 10.9. The third-order valence-electron chi connectivity index (χ3n) is 5.57. The Labute approximate surface area is 160 Å². The summed E-state index contributed by atoms with van der Waals surface area (Å²) in [6.45, 7) is 4.19. The number of amides is 1. The minimum atomic E-state index is -3.67. The minimum absolute atomic E-state index is 0.00913. The highest BCUT2D eigenvalue weighted by Gasteiger charge is 2.34. The lowest BCUT2D eigenvalue weighted by molar-refractivity contribution is -0.116. The minimum Gasteiger partial charge on any atom is -0.312 e. The SMILES string of the molecule is CC(=O)N1CCCc2cc(S(=O)(=O)N3c4ccccc4CC[C@@H]3C)ccc21. The van der Waals surface area contributed by atoms with Crippen LogP contribution in [0.2, 0.25) is 0 Å². The molecule has 5 nitrogen and oxygen atoms in total. The Balaban J connectivity index is 1.78. The van der Waals surface area contributed by atoms with Crippen molar-refractivity contribution in [2.45, 2.75) is 50.5 Å². The Kier molecular flexibility index (Phi) is 4.46. The van der Waals surface area contributed by atoms with E-state index < -0.39 is 10.0 Å². The number of rotatable bonds is 2. The van der Waals surface area contributed by atoms with Gasteiger partial charge < -0.3 is 4.90 Å². The number of para-hydroxylation sites is 1. The molecule has 2 aromatic rings. The van der Waals surface area contributed by atoms with E-state index in [0.717, 1.165) is 48.2 Å². The molecular weight excluding hydrogens is 360 g/mol. The van der Waals surface area contributed by atoms with E-state index in [1.54, 1.807) is 34.3 Å². The fourth-order valence-electron chi connectivity index (χ4n) is 4.20. The number of carbonyl (C=O) groups is 1. The van der Waals surface area contributed by atoms with E-state index in [4.69, 9.17) is 0 Å². The monoisotopic (exact) mass is 384 g/mol. The van der Waals surface area contributed by atoms with Crippen LogP contribution < -0.4 is 9.21 Å². The second kappa shape index (κ2) is 6.68. The molecule has 2 aliphatic rings. The number of carbonyl (C=O) groups excluding carboxylic acids is 1. The van der Waals surface area contributed by atoms with Crippen LogP contribution in [0.3, 0.4) is 0 Å². The van der Waals surface area contributed by atoms with Crippen LogP contribution >= 0.6 is 0 Å². The zero-order valence-corrected chi connectivity index (χ0v) is 16.5. The third-order valence-corrected chi connectivity index (χ3v) is 7.49. The van der Waals surface area contributed by atoms with Crippen LogP contribution in [0.25, 0.3) is 0 Å². The molecule has 0 saturated carbocycles. The molecule has 0 unspecified atom stereocenters. The van der Waals surface area contributed by atoms with Gasteiger partial charge in [0.1, 0.15) is 0 Å². The van der Waals surface area contributed by atoms with Gasteiger partial charge in [-0.25, -0.2) is 8.42 Å². The molecule has 0 aliphatic carbocycles. The fourth-order valence-corrected chi connectivity index (χ4v) is 5.97. The van der Waals surface area contributed by atoms with Gasteiger partial charge in [-0.1, -0.05) is 18.2 Å². The summed E-state index contributed by atoms with van der Waals surface area (Å²) in [6.07, 6.45) is 3.33. The second-order valence-corrected chi connectivity index (χ2v) is 9.20. The van der Waals surface area contributed by atoms with E-state index in [1.165, 1.54) is 0 Å². The highest BCUT2D eigenvalue weighted by molar-refractivity contribution is 7.92. The molecule has 4 rings (SSSR count). The van der Waals surface area contributed by atoms with Crippen LogP contribution in [0.1, 0.15) is 37.8 Å². The molecule has 0 fully saturated rings. The lowest BCUT2D eigenvalue weighted by Gasteiger charge is -2.36. The van der Waals surface area contributed by atoms with Gasteiger partial charge in [-0.05, 0) is 68.0 Å². The van der Waals surface area contributed by atoms with Crippen molar-refractivity contribution in [1.29, 1.82) is 0 Å². The molecule has 1 amide bonds. The average molecular weight is 385 g/mol. The first-order valence-electron chi connectivity index (χ1n) is 9.43. The van der Waals surface area contributed by atoms with Gasteiger partial charge in [-0.15, -0.1) is 0 Å². The Morgan fingerprint density at radius 2 is 1.81 bits per heavy atom. The first-order chi connectivity index (χ1) is 12.9. The summed E-state index contributed by atoms with van der Waals surface area (Å²) < 4.78 is 28.6. The average Bonchev–Trinajstić information content (AvgIpc) is 2.66. The lowest BCUT2D eigenvalue weighted by atomic mass is 9.99. The van der Waals surface area contributed by atoms with Gasteiger partial charge in [0.25, 0.3) is 10.0 Å². The first kappa shape index (κ1) is 18.0. The van der Waals surface area contributed by atoms with Gasteiger partial charge in [0.15, 0.2) is 0 Å². The van der Waals surface area contributed by atoms with E-state index in [-0.39, 0.29) is 11.9 Å². The molecule has 0 bridgehead atoms. The topological polar surface area (TPSA) is 57.7 Å².